The van der Waals surface area contributed by atoms with Crippen LogP contribution in [0.5, 0.6) is 5.75 Å². The molecule has 4 amide bonds. The zero-order valence-electron chi connectivity index (χ0n) is 17.5. The van der Waals surface area contributed by atoms with Crippen molar-refractivity contribution in [1.29, 1.82) is 0 Å². The van der Waals surface area contributed by atoms with E-state index >= 15 is 0 Å². The van der Waals surface area contributed by atoms with Crippen LogP contribution in [0.25, 0.3) is 6.08 Å². The highest BCUT2D eigenvalue weighted by Crippen LogP contribution is 2.26. The lowest BCUT2D eigenvalue weighted by Crippen LogP contribution is -2.54. The van der Waals surface area contributed by atoms with Crippen molar-refractivity contribution in [2.45, 2.75) is 13.5 Å². The van der Waals surface area contributed by atoms with Gasteiger partial charge in [0.2, 0.25) is 0 Å². The summed E-state index contributed by atoms with van der Waals surface area (Å²) in [6.07, 6.45) is 1.44. The molecule has 0 atom stereocenters. The summed E-state index contributed by atoms with van der Waals surface area (Å²) in [4.78, 5) is 38.7. The third-order valence-electron chi connectivity index (χ3n) is 5.04. The first kappa shape index (κ1) is 22.6. The van der Waals surface area contributed by atoms with E-state index in [-0.39, 0.29) is 5.57 Å². The fraction of sp³-hybridized carbons (Fsp3) is 0.0800. The number of nitrogens with one attached hydrogen (secondary N) is 1. The van der Waals surface area contributed by atoms with Crippen molar-refractivity contribution in [3.8, 4) is 5.75 Å². The number of rotatable bonds is 5. The lowest BCUT2D eigenvalue weighted by atomic mass is 10.1. The second-order valence-electron chi connectivity index (χ2n) is 7.35. The number of hydrogen-bond acceptors (Lipinski definition) is 4. The van der Waals surface area contributed by atoms with Gasteiger partial charge in [-0.1, -0.05) is 59.6 Å². The molecule has 0 saturated carbocycles. The molecule has 166 valence electrons. The lowest BCUT2D eigenvalue weighted by Gasteiger charge is -2.27. The molecule has 3 aromatic carbocycles. The van der Waals surface area contributed by atoms with Gasteiger partial charge in [-0.2, -0.15) is 0 Å². The molecular formula is C25H18Cl2N2O4. The second kappa shape index (κ2) is 9.48. The van der Waals surface area contributed by atoms with Crippen LogP contribution in [0, 0.1) is 6.92 Å². The number of ether oxygens (including phenoxy) is 1. The summed E-state index contributed by atoms with van der Waals surface area (Å²) < 4.78 is 5.75. The maximum atomic E-state index is 13.0. The number of hydrogen-bond donors (Lipinski definition) is 1. The minimum Gasteiger partial charge on any atom is -0.489 e. The van der Waals surface area contributed by atoms with Crippen LogP contribution in [0.4, 0.5) is 10.5 Å². The first-order valence-corrected chi connectivity index (χ1v) is 10.7. The predicted octanol–water partition coefficient (Wildman–Crippen LogP) is 5.55. The number of barbiturate groups is 1. The van der Waals surface area contributed by atoms with Crippen LogP contribution in [0.2, 0.25) is 10.0 Å². The Kier molecular flexibility index (Phi) is 6.49. The maximum Gasteiger partial charge on any atom is 0.335 e. The molecule has 1 fully saturated rings. The molecule has 4 rings (SSSR count). The fourth-order valence-corrected chi connectivity index (χ4v) is 3.63. The van der Waals surface area contributed by atoms with Gasteiger partial charge in [-0.3, -0.25) is 14.9 Å². The van der Waals surface area contributed by atoms with Gasteiger partial charge in [-0.05, 0) is 60.0 Å². The van der Waals surface area contributed by atoms with E-state index in [9.17, 15) is 14.4 Å². The highest BCUT2D eigenvalue weighted by Gasteiger charge is 2.37. The molecule has 0 unspecified atom stereocenters. The van der Waals surface area contributed by atoms with Crippen molar-refractivity contribution in [1.82, 2.24) is 5.32 Å². The van der Waals surface area contributed by atoms with Crippen LogP contribution in [0.3, 0.4) is 0 Å². The molecule has 3 aromatic rings. The topological polar surface area (TPSA) is 75.7 Å². The fourth-order valence-electron chi connectivity index (χ4n) is 3.31. The van der Waals surface area contributed by atoms with Gasteiger partial charge < -0.3 is 4.74 Å². The predicted molar refractivity (Wildman–Crippen MR) is 127 cm³/mol. The van der Waals surface area contributed by atoms with Crippen LogP contribution >= 0.6 is 23.2 Å². The van der Waals surface area contributed by atoms with E-state index in [1.54, 1.807) is 67.6 Å². The smallest absolute Gasteiger partial charge is 0.335 e. The first-order chi connectivity index (χ1) is 15.8. The van der Waals surface area contributed by atoms with Gasteiger partial charge in [-0.25, -0.2) is 9.69 Å². The number of halogens is 2. The molecule has 1 aliphatic heterocycles. The SMILES string of the molecule is Cc1ccccc1N1C(=O)NC(=O)/C(=C\c2ccc(OCc3ccc(Cl)c(Cl)c3)cc2)C1=O. The Morgan fingerprint density at radius 3 is 2.36 bits per heavy atom. The molecule has 0 aromatic heterocycles. The summed E-state index contributed by atoms with van der Waals surface area (Å²) in [6, 6.07) is 18.3. The number of benzene rings is 3. The molecule has 0 radical (unpaired) electrons. The summed E-state index contributed by atoms with van der Waals surface area (Å²) in [5, 5.41) is 3.15. The standard InChI is InChI=1S/C25H18Cl2N2O4/c1-15-4-2-3-5-22(15)29-24(31)19(23(30)28-25(29)32)12-16-6-9-18(10-7-16)33-14-17-8-11-20(26)21(27)13-17/h2-13H,14H2,1H3,(H,28,30,32)/b19-12+. The van der Waals surface area contributed by atoms with Crippen molar-refractivity contribution in [2.24, 2.45) is 0 Å². The Labute approximate surface area is 200 Å². The third kappa shape index (κ3) is 4.92. The van der Waals surface area contributed by atoms with Crippen molar-refractivity contribution < 1.29 is 19.1 Å². The Morgan fingerprint density at radius 2 is 1.67 bits per heavy atom. The zero-order chi connectivity index (χ0) is 23.5. The van der Waals surface area contributed by atoms with Crippen LogP contribution in [0.1, 0.15) is 16.7 Å². The summed E-state index contributed by atoms with van der Waals surface area (Å²) in [7, 11) is 0. The normalized spacial score (nSPS) is 15.1. The van der Waals surface area contributed by atoms with Gasteiger partial charge in [0.05, 0.1) is 15.7 Å². The molecule has 0 spiro atoms. The van der Waals surface area contributed by atoms with Gasteiger partial charge in [0.1, 0.15) is 17.9 Å². The zero-order valence-corrected chi connectivity index (χ0v) is 19.0. The number of carbonyl (C=O) groups is 3. The van der Waals surface area contributed by atoms with Crippen molar-refractivity contribution in [2.75, 3.05) is 4.90 Å². The monoisotopic (exact) mass is 480 g/mol. The van der Waals surface area contributed by atoms with E-state index in [0.717, 1.165) is 16.0 Å². The number of para-hydroxylation sites is 1. The second-order valence-corrected chi connectivity index (χ2v) is 8.16. The number of anilines is 1. The molecule has 1 heterocycles. The molecule has 6 nitrogen and oxygen atoms in total. The minimum absolute atomic E-state index is 0.137. The Bertz CT molecular complexity index is 1290. The van der Waals surface area contributed by atoms with Crippen molar-refractivity contribution in [3.05, 3.63) is 99.0 Å². The molecule has 1 saturated heterocycles. The van der Waals surface area contributed by atoms with Gasteiger partial charge in [-0.15, -0.1) is 0 Å². The number of imide groups is 2. The number of carbonyl (C=O) groups excluding carboxylic acids is 3. The van der Waals surface area contributed by atoms with Gasteiger partial charge in [0.15, 0.2) is 0 Å². The summed E-state index contributed by atoms with van der Waals surface area (Å²) in [6.45, 7) is 2.08. The van der Waals surface area contributed by atoms with E-state index in [1.807, 2.05) is 6.07 Å². The molecule has 33 heavy (non-hydrogen) atoms. The quantitative estimate of drug-likeness (QED) is 0.383. The van der Waals surface area contributed by atoms with E-state index < -0.39 is 17.8 Å². The number of urea groups is 1. The van der Waals surface area contributed by atoms with Gasteiger partial charge in [0.25, 0.3) is 11.8 Å². The van der Waals surface area contributed by atoms with E-state index in [0.29, 0.717) is 33.7 Å². The first-order valence-electron chi connectivity index (χ1n) is 9.97. The average molecular weight is 481 g/mol. The minimum atomic E-state index is -0.775. The van der Waals surface area contributed by atoms with E-state index in [2.05, 4.69) is 5.32 Å². The summed E-state index contributed by atoms with van der Waals surface area (Å²) in [5.41, 5.74) is 2.49. The highest BCUT2D eigenvalue weighted by atomic mass is 35.5. The molecule has 1 N–H and O–H groups in total. The van der Waals surface area contributed by atoms with E-state index in [1.165, 1.54) is 6.08 Å². The molecule has 0 bridgehead atoms. The molecule has 0 aliphatic carbocycles. The summed E-state index contributed by atoms with van der Waals surface area (Å²) in [5.74, 6) is -0.827. The van der Waals surface area contributed by atoms with Gasteiger partial charge in [0, 0.05) is 0 Å². The Hall–Kier alpha value is -3.61. The number of nitrogens with zero attached hydrogens (tertiary/aromatic N) is 1. The Balaban J connectivity index is 1.52. The average Bonchev–Trinajstić information content (AvgIpc) is 2.79. The highest BCUT2D eigenvalue weighted by molar-refractivity contribution is 6.42. The van der Waals surface area contributed by atoms with Crippen LogP contribution in [-0.2, 0) is 16.2 Å². The van der Waals surface area contributed by atoms with Crippen LogP contribution in [-0.4, -0.2) is 17.8 Å². The van der Waals surface area contributed by atoms with Crippen LogP contribution in [0.15, 0.2) is 72.3 Å². The number of aryl methyl sites for hydroxylation is 1. The molecule has 8 heteroatoms. The molecular weight excluding hydrogens is 463 g/mol. The molecule has 1 aliphatic rings. The lowest BCUT2D eigenvalue weighted by molar-refractivity contribution is -0.122. The Morgan fingerprint density at radius 1 is 0.939 bits per heavy atom. The largest absolute Gasteiger partial charge is 0.489 e. The maximum absolute atomic E-state index is 13.0. The van der Waals surface area contributed by atoms with Gasteiger partial charge >= 0.3 is 6.03 Å². The van der Waals surface area contributed by atoms with Crippen molar-refractivity contribution in [3.63, 3.8) is 0 Å². The number of amides is 4. The van der Waals surface area contributed by atoms with E-state index in [4.69, 9.17) is 27.9 Å². The summed E-state index contributed by atoms with van der Waals surface area (Å²) >= 11 is 11.9. The van der Waals surface area contributed by atoms with Crippen molar-refractivity contribution >= 4 is 52.8 Å². The third-order valence-corrected chi connectivity index (χ3v) is 5.78. The van der Waals surface area contributed by atoms with Crippen LogP contribution < -0.4 is 15.0 Å².